The fourth-order valence-corrected chi connectivity index (χ4v) is 3.06. The first-order valence-corrected chi connectivity index (χ1v) is 9.40. The van der Waals surface area contributed by atoms with Gasteiger partial charge in [0.1, 0.15) is 6.54 Å². The molecule has 0 aliphatic rings. The van der Waals surface area contributed by atoms with Gasteiger partial charge in [0.25, 0.3) is 12.3 Å². The predicted octanol–water partition coefficient (Wildman–Crippen LogP) is 3.27. The normalized spacial score (nSPS) is 11.1. The Bertz CT molecular complexity index is 1220. The number of aromatic amines is 1. The highest BCUT2D eigenvalue weighted by atomic mass is 19.3. The van der Waals surface area contributed by atoms with Crippen molar-refractivity contribution in [1.29, 1.82) is 0 Å². The number of hydrogen-bond acceptors (Lipinski definition) is 4. The molecule has 4 aromatic rings. The highest BCUT2D eigenvalue weighted by Crippen LogP contribution is 2.20. The van der Waals surface area contributed by atoms with E-state index in [-0.39, 0.29) is 24.9 Å². The monoisotopic (exact) mass is 424 g/mol. The van der Waals surface area contributed by atoms with Crippen LogP contribution in [0.3, 0.4) is 0 Å². The fraction of sp³-hybridized carbons (Fsp3) is 0.143. The molecule has 0 fully saturated rings. The first-order chi connectivity index (χ1) is 15.0. The molecule has 0 saturated heterocycles. The topological polar surface area (TPSA) is 105 Å². The zero-order valence-corrected chi connectivity index (χ0v) is 16.2. The van der Waals surface area contributed by atoms with E-state index in [1.165, 1.54) is 22.9 Å². The number of hydrogen-bond donors (Lipinski definition) is 3. The lowest BCUT2D eigenvalue weighted by Crippen LogP contribution is -2.23. The van der Waals surface area contributed by atoms with E-state index >= 15 is 0 Å². The van der Waals surface area contributed by atoms with Crippen molar-refractivity contribution in [3.05, 3.63) is 77.9 Å². The molecule has 0 spiro atoms. The molecule has 0 radical (unpaired) electrons. The van der Waals surface area contributed by atoms with E-state index in [1.807, 2.05) is 6.07 Å². The van der Waals surface area contributed by atoms with E-state index in [4.69, 9.17) is 0 Å². The molecule has 158 valence electrons. The first kappa shape index (κ1) is 20.2. The van der Waals surface area contributed by atoms with Gasteiger partial charge in [0, 0.05) is 30.2 Å². The standard InChI is InChI=1S/C21H18F2N6O2/c22-19(23)20-27-16-6-5-14(10-17(16)28-20)21(31)24-11-13-3-1-4-15(9-13)26-18(30)12-29-8-2-7-25-29/h1-10,19H,11-12H2,(H,24,31)(H,26,30)(H,27,28). The number of benzene rings is 2. The number of nitrogens with zero attached hydrogens (tertiary/aromatic N) is 3. The lowest BCUT2D eigenvalue weighted by atomic mass is 10.1. The summed E-state index contributed by atoms with van der Waals surface area (Å²) in [6, 6.07) is 13.4. The van der Waals surface area contributed by atoms with Crippen LogP contribution in [0.1, 0.15) is 28.2 Å². The number of nitrogens with one attached hydrogen (secondary N) is 3. The lowest BCUT2D eigenvalue weighted by Gasteiger charge is -2.09. The van der Waals surface area contributed by atoms with Crippen molar-refractivity contribution in [2.75, 3.05) is 5.32 Å². The molecular formula is C21H18F2N6O2. The summed E-state index contributed by atoms with van der Waals surface area (Å²) in [6.45, 7) is 0.322. The molecule has 2 aromatic heterocycles. The van der Waals surface area contributed by atoms with E-state index in [9.17, 15) is 18.4 Å². The van der Waals surface area contributed by atoms with Gasteiger partial charge in [-0.05, 0) is 42.0 Å². The van der Waals surface area contributed by atoms with E-state index in [0.29, 0.717) is 22.3 Å². The van der Waals surface area contributed by atoms with Crippen molar-refractivity contribution in [2.24, 2.45) is 0 Å². The van der Waals surface area contributed by atoms with Gasteiger partial charge in [-0.25, -0.2) is 13.8 Å². The maximum atomic E-state index is 12.8. The van der Waals surface area contributed by atoms with Crippen molar-refractivity contribution < 1.29 is 18.4 Å². The van der Waals surface area contributed by atoms with Crippen molar-refractivity contribution in [3.8, 4) is 0 Å². The van der Waals surface area contributed by atoms with Gasteiger partial charge in [-0.15, -0.1) is 0 Å². The summed E-state index contributed by atoms with van der Waals surface area (Å²) in [4.78, 5) is 30.9. The maximum Gasteiger partial charge on any atom is 0.295 e. The number of imidazole rings is 1. The Kier molecular flexibility index (Phi) is 5.69. The molecule has 0 unspecified atom stereocenters. The summed E-state index contributed by atoms with van der Waals surface area (Å²) in [5.74, 6) is -1.01. The number of aromatic nitrogens is 4. The van der Waals surface area contributed by atoms with Gasteiger partial charge in [-0.3, -0.25) is 14.3 Å². The number of halogens is 2. The molecule has 0 saturated carbocycles. The molecule has 10 heteroatoms. The number of alkyl halides is 2. The van der Waals surface area contributed by atoms with Crippen LogP contribution in [0.25, 0.3) is 11.0 Å². The van der Waals surface area contributed by atoms with Gasteiger partial charge in [0.05, 0.1) is 11.0 Å². The van der Waals surface area contributed by atoms with E-state index in [2.05, 4.69) is 25.7 Å². The van der Waals surface area contributed by atoms with Gasteiger partial charge in [-0.1, -0.05) is 12.1 Å². The van der Waals surface area contributed by atoms with Gasteiger partial charge in [0.2, 0.25) is 5.91 Å². The Balaban J connectivity index is 1.37. The summed E-state index contributed by atoms with van der Waals surface area (Å²) < 4.78 is 27.1. The zero-order chi connectivity index (χ0) is 21.8. The van der Waals surface area contributed by atoms with E-state index in [0.717, 1.165) is 5.56 Å². The maximum absolute atomic E-state index is 12.8. The number of anilines is 1. The smallest absolute Gasteiger partial charge is 0.295 e. The lowest BCUT2D eigenvalue weighted by molar-refractivity contribution is -0.116. The fourth-order valence-electron chi connectivity index (χ4n) is 3.06. The minimum Gasteiger partial charge on any atom is -0.348 e. The first-order valence-electron chi connectivity index (χ1n) is 9.40. The summed E-state index contributed by atoms with van der Waals surface area (Å²) in [5, 5.41) is 9.55. The molecule has 2 heterocycles. The Hall–Kier alpha value is -4.08. The van der Waals surface area contributed by atoms with Gasteiger partial charge < -0.3 is 15.6 Å². The molecule has 0 aliphatic heterocycles. The zero-order valence-electron chi connectivity index (χ0n) is 16.2. The van der Waals surface area contributed by atoms with Crippen molar-refractivity contribution in [3.63, 3.8) is 0 Å². The molecule has 0 aliphatic carbocycles. The molecule has 0 atom stereocenters. The summed E-state index contributed by atoms with van der Waals surface area (Å²) in [6.07, 6.45) is 0.579. The second kappa shape index (κ2) is 8.74. The average molecular weight is 424 g/mol. The number of H-pyrrole nitrogens is 1. The van der Waals surface area contributed by atoms with Crippen LogP contribution in [-0.4, -0.2) is 31.6 Å². The number of fused-ring (bicyclic) bond motifs is 1. The third kappa shape index (κ3) is 4.92. The highest BCUT2D eigenvalue weighted by Gasteiger charge is 2.14. The molecular weight excluding hydrogens is 406 g/mol. The molecule has 4 rings (SSSR count). The average Bonchev–Trinajstić information content (AvgIpc) is 3.41. The van der Waals surface area contributed by atoms with Crippen LogP contribution in [0.2, 0.25) is 0 Å². The largest absolute Gasteiger partial charge is 0.348 e. The molecule has 31 heavy (non-hydrogen) atoms. The molecule has 2 aromatic carbocycles. The Labute approximate surface area is 175 Å². The third-order valence-corrected chi connectivity index (χ3v) is 4.50. The van der Waals surface area contributed by atoms with Crippen LogP contribution in [-0.2, 0) is 17.9 Å². The van der Waals surface area contributed by atoms with Crippen LogP contribution < -0.4 is 10.6 Å². The minimum absolute atomic E-state index is 0.0946. The highest BCUT2D eigenvalue weighted by molar-refractivity contribution is 5.97. The van der Waals surface area contributed by atoms with Gasteiger partial charge >= 0.3 is 0 Å². The second-order valence-corrected chi connectivity index (χ2v) is 6.79. The van der Waals surface area contributed by atoms with Crippen LogP contribution in [0, 0.1) is 0 Å². The molecule has 3 N–H and O–H groups in total. The SMILES string of the molecule is O=C(Cn1cccn1)Nc1cccc(CNC(=O)c2ccc3nc(C(F)F)[nH]c3c2)c1. The Morgan fingerprint density at radius 2 is 2.00 bits per heavy atom. The van der Waals surface area contributed by atoms with Crippen molar-refractivity contribution >= 4 is 28.5 Å². The predicted molar refractivity (Wildman–Crippen MR) is 110 cm³/mol. The van der Waals surface area contributed by atoms with E-state index in [1.54, 1.807) is 36.7 Å². The number of rotatable bonds is 7. The van der Waals surface area contributed by atoms with Gasteiger partial charge in [0.15, 0.2) is 5.82 Å². The number of carbonyl (C=O) groups is 2. The van der Waals surface area contributed by atoms with Crippen LogP contribution in [0.5, 0.6) is 0 Å². The summed E-state index contributed by atoms with van der Waals surface area (Å²) in [5.41, 5.74) is 2.44. The van der Waals surface area contributed by atoms with Crippen LogP contribution >= 0.6 is 0 Å². The van der Waals surface area contributed by atoms with Crippen molar-refractivity contribution in [1.82, 2.24) is 25.1 Å². The summed E-state index contributed by atoms with van der Waals surface area (Å²) in [7, 11) is 0. The minimum atomic E-state index is -2.71. The van der Waals surface area contributed by atoms with E-state index < -0.39 is 12.2 Å². The van der Waals surface area contributed by atoms with Gasteiger partial charge in [-0.2, -0.15) is 5.10 Å². The summed E-state index contributed by atoms with van der Waals surface area (Å²) >= 11 is 0. The second-order valence-electron chi connectivity index (χ2n) is 6.79. The van der Waals surface area contributed by atoms with Crippen LogP contribution in [0.4, 0.5) is 14.5 Å². The Morgan fingerprint density at radius 1 is 1.13 bits per heavy atom. The molecule has 2 amide bonds. The third-order valence-electron chi connectivity index (χ3n) is 4.50. The molecule has 0 bridgehead atoms. The number of carbonyl (C=O) groups excluding carboxylic acids is 2. The molecule has 8 nitrogen and oxygen atoms in total. The van der Waals surface area contributed by atoms with Crippen molar-refractivity contribution in [2.45, 2.75) is 19.5 Å². The Morgan fingerprint density at radius 3 is 2.77 bits per heavy atom. The number of amides is 2. The quantitative estimate of drug-likeness (QED) is 0.424. The van der Waals surface area contributed by atoms with Crippen LogP contribution in [0.15, 0.2) is 60.9 Å².